The van der Waals surface area contributed by atoms with Gasteiger partial charge >= 0.3 is 0 Å². The fourth-order valence-corrected chi connectivity index (χ4v) is 2.84. The Bertz CT molecular complexity index is 481. The van der Waals surface area contributed by atoms with E-state index >= 15 is 0 Å². The summed E-state index contributed by atoms with van der Waals surface area (Å²) in [5.41, 5.74) is 7.09. The molecule has 0 aliphatic carbocycles. The van der Waals surface area contributed by atoms with Gasteiger partial charge in [-0.3, -0.25) is 15.0 Å². The van der Waals surface area contributed by atoms with Crippen LogP contribution >= 0.6 is 15.9 Å². The fourth-order valence-electron chi connectivity index (χ4n) is 2.45. The summed E-state index contributed by atoms with van der Waals surface area (Å²) in [5.74, 6) is 0.471. The second kappa shape index (κ2) is 5.98. The van der Waals surface area contributed by atoms with Crippen molar-refractivity contribution < 1.29 is 4.92 Å². The Morgan fingerprint density at radius 1 is 1.58 bits per heavy atom. The van der Waals surface area contributed by atoms with E-state index in [1.54, 1.807) is 12.1 Å². The summed E-state index contributed by atoms with van der Waals surface area (Å²) in [5, 5.41) is 10.9. The summed E-state index contributed by atoms with van der Waals surface area (Å²) in [6.07, 6.45) is 0.986. The van der Waals surface area contributed by atoms with E-state index in [2.05, 4.69) is 27.8 Å². The Balaban J connectivity index is 2.07. The molecule has 1 saturated heterocycles. The highest BCUT2D eigenvalue weighted by Gasteiger charge is 2.23. The molecule has 19 heavy (non-hydrogen) atoms. The van der Waals surface area contributed by atoms with Gasteiger partial charge in [-0.2, -0.15) is 0 Å². The van der Waals surface area contributed by atoms with Crippen molar-refractivity contribution >= 4 is 21.6 Å². The topological polar surface area (TPSA) is 72.4 Å². The molecule has 0 radical (unpaired) electrons. The van der Waals surface area contributed by atoms with Gasteiger partial charge < -0.3 is 5.73 Å². The van der Waals surface area contributed by atoms with Gasteiger partial charge in [0.1, 0.15) is 0 Å². The highest BCUT2D eigenvalue weighted by atomic mass is 79.9. The summed E-state index contributed by atoms with van der Waals surface area (Å²) >= 11 is 3.20. The minimum atomic E-state index is -0.359. The van der Waals surface area contributed by atoms with E-state index in [0.29, 0.717) is 10.4 Å². The van der Waals surface area contributed by atoms with Crippen molar-refractivity contribution in [1.82, 2.24) is 4.90 Å². The van der Waals surface area contributed by atoms with Crippen molar-refractivity contribution in [3.63, 3.8) is 0 Å². The lowest BCUT2D eigenvalue weighted by Crippen LogP contribution is -2.45. The zero-order valence-electron chi connectivity index (χ0n) is 10.9. The SMILES string of the molecule is CC1CN(Cc2ccc(Br)c([N+](=O)[O-])c2)CCC1N. The maximum atomic E-state index is 10.9. The van der Waals surface area contributed by atoms with E-state index in [4.69, 9.17) is 5.73 Å². The maximum absolute atomic E-state index is 10.9. The van der Waals surface area contributed by atoms with Crippen LogP contribution in [0, 0.1) is 16.0 Å². The smallest absolute Gasteiger partial charge is 0.283 e. The molecule has 1 aromatic rings. The van der Waals surface area contributed by atoms with E-state index in [1.165, 1.54) is 0 Å². The number of nitrogens with two attached hydrogens (primary N) is 1. The standard InChI is InChI=1S/C13H18BrN3O2/c1-9-7-16(5-4-12(9)15)8-10-2-3-11(14)13(6-10)17(18)19/h2-3,6,9,12H,4-5,7-8,15H2,1H3. The van der Waals surface area contributed by atoms with Gasteiger partial charge in [-0.25, -0.2) is 0 Å². The zero-order chi connectivity index (χ0) is 14.0. The molecular formula is C13H18BrN3O2. The molecule has 1 fully saturated rings. The van der Waals surface area contributed by atoms with Crippen LogP contribution in [0.25, 0.3) is 0 Å². The number of nitro groups is 1. The van der Waals surface area contributed by atoms with Crippen molar-refractivity contribution in [2.75, 3.05) is 13.1 Å². The molecule has 6 heteroatoms. The van der Waals surface area contributed by atoms with Crippen LogP contribution in [0.2, 0.25) is 0 Å². The summed E-state index contributed by atoms with van der Waals surface area (Å²) < 4.78 is 0.523. The lowest BCUT2D eigenvalue weighted by Gasteiger charge is -2.35. The lowest BCUT2D eigenvalue weighted by molar-refractivity contribution is -0.385. The quantitative estimate of drug-likeness (QED) is 0.684. The number of rotatable bonds is 3. The first-order valence-corrected chi connectivity index (χ1v) is 7.17. The number of halogens is 1. The Hall–Kier alpha value is -0.980. The van der Waals surface area contributed by atoms with E-state index in [-0.39, 0.29) is 16.7 Å². The third-order valence-corrected chi connectivity index (χ3v) is 4.34. The molecule has 2 atom stereocenters. The maximum Gasteiger partial charge on any atom is 0.283 e. The van der Waals surface area contributed by atoms with Crippen LogP contribution in [-0.2, 0) is 6.54 Å². The van der Waals surface area contributed by atoms with Gasteiger partial charge in [-0.05, 0) is 46.4 Å². The fraction of sp³-hybridized carbons (Fsp3) is 0.538. The summed E-state index contributed by atoms with van der Waals surface area (Å²) in [7, 11) is 0. The predicted molar refractivity (Wildman–Crippen MR) is 77.8 cm³/mol. The normalized spacial score (nSPS) is 24.4. The highest BCUT2D eigenvalue weighted by Crippen LogP contribution is 2.27. The molecule has 0 amide bonds. The van der Waals surface area contributed by atoms with Crippen LogP contribution in [-0.4, -0.2) is 29.0 Å². The number of benzene rings is 1. The van der Waals surface area contributed by atoms with Gasteiger partial charge in [0.25, 0.3) is 5.69 Å². The van der Waals surface area contributed by atoms with Crippen LogP contribution in [0.5, 0.6) is 0 Å². The third kappa shape index (κ3) is 3.52. The molecule has 0 spiro atoms. The zero-order valence-corrected chi connectivity index (χ0v) is 12.5. The van der Waals surface area contributed by atoms with E-state index in [1.807, 2.05) is 6.07 Å². The van der Waals surface area contributed by atoms with Gasteiger partial charge in [0.15, 0.2) is 0 Å². The number of nitro benzene ring substituents is 1. The van der Waals surface area contributed by atoms with Crippen molar-refractivity contribution in [1.29, 1.82) is 0 Å². The Morgan fingerprint density at radius 3 is 2.95 bits per heavy atom. The molecule has 1 aromatic carbocycles. The Kier molecular flexibility index (Phi) is 4.54. The van der Waals surface area contributed by atoms with Gasteiger partial charge in [-0.1, -0.05) is 13.0 Å². The molecule has 1 aliphatic heterocycles. The largest absolute Gasteiger partial charge is 0.327 e. The molecule has 5 nitrogen and oxygen atoms in total. The lowest BCUT2D eigenvalue weighted by atomic mass is 9.94. The summed E-state index contributed by atoms with van der Waals surface area (Å²) in [6, 6.07) is 5.59. The van der Waals surface area contributed by atoms with Gasteiger partial charge in [-0.15, -0.1) is 0 Å². The highest BCUT2D eigenvalue weighted by molar-refractivity contribution is 9.10. The minimum Gasteiger partial charge on any atom is -0.327 e. The second-order valence-corrected chi connectivity index (χ2v) is 6.06. The van der Waals surface area contributed by atoms with E-state index < -0.39 is 0 Å². The first-order chi connectivity index (χ1) is 8.97. The first kappa shape index (κ1) is 14.4. The average Bonchev–Trinajstić information content (AvgIpc) is 2.36. The van der Waals surface area contributed by atoms with Gasteiger partial charge in [0.2, 0.25) is 0 Å². The van der Waals surface area contributed by atoms with Crippen LogP contribution in [0.3, 0.4) is 0 Å². The first-order valence-electron chi connectivity index (χ1n) is 6.38. The molecule has 2 N–H and O–H groups in total. The van der Waals surface area contributed by atoms with Crippen molar-refractivity contribution in [2.45, 2.75) is 25.9 Å². The number of piperidine rings is 1. The molecule has 1 heterocycles. The number of hydrogen-bond acceptors (Lipinski definition) is 4. The van der Waals surface area contributed by atoms with Gasteiger partial charge in [0.05, 0.1) is 9.40 Å². The summed E-state index contributed by atoms with van der Waals surface area (Å²) in [4.78, 5) is 12.9. The van der Waals surface area contributed by atoms with E-state index in [0.717, 1.165) is 31.6 Å². The number of nitrogens with zero attached hydrogens (tertiary/aromatic N) is 2. The Morgan fingerprint density at radius 2 is 2.32 bits per heavy atom. The molecule has 104 valence electrons. The minimum absolute atomic E-state index is 0.124. The van der Waals surface area contributed by atoms with Crippen LogP contribution in [0.15, 0.2) is 22.7 Å². The predicted octanol–water partition coefficient (Wildman–Crippen LogP) is 2.53. The van der Waals surface area contributed by atoms with Crippen molar-refractivity contribution in [3.05, 3.63) is 38.3 Å². The molecule has 1 aliphatic rings. The average molecular weight is 328 g/mol. The van der Waals surface area contributed by atoms with E-state index in [9.17, 15) is 10.1 Å². The Labute approximate surface area is 121 Å². The molecule has 0 saturated carbocycles. The van der Waals surface area contributed by atoms with Crippen molar-refractivity contribution in [3.8, 4) is 0 Å². The molecular weight excluding hydrogens is 310 g/mol. The van der Waals surface area contributed by atoms with Crippen LogP contribution in [0.1, 0.15) is 18.9 Å². The van der Waals surface area contributed by atoms with Crippen LogP contribution < -0.4 is 5.73 Å². The molecule has 0 bridgehead atoms. The van der Waals surface area contributed by atoms with Crippen LogP contribution in [0.4, 0.5) is 5.69 Å². The van der Waals surface area contributed by atoms with Crippen molar-refractivity contribution in [2.24, 2.45) is 11.7 Å². The number of hydrogen-bond donors (Lipinski definition) is 1. The monoisotopic (exact) mass is 327 g/mol. The second-order valence-electron chi connectivity index (χ2n) is 5.21. The molecule has 2 rings (SSSR count). The molecule has 0 aromatic heterocycles. The van der Waals surface area contributed by atoms with Gasteiger partial charge in [0, 0.05) is 25.2 Å². The third-order valence-electron chi connectivity index (χ3n) is 3.67. The number of likely N-dealkylation sites (tertiary alicyclic amines) is 1. The molecule has 2 unspecified atom stereocenters. The summed E-state index contributed by atoms with van der Waals surface area (Å²) in [6.45, 7) is 4.80.